The fraction of sp³-hybridized carbons (Fsp3) is 0.647. The molecule has 1 aliphatic carbocycles. The van der Waals surface area contributed by atoms with E-state index in [1.165, 1.54) is 42.4 Å². The molecule has 1 aromatic rings. The Balaban J connectivity index is 2.37. The topological polar surface area (TPSA) is 12.0 Å². The third kappa shape index (κ3) is 2.61. The van der Waals surface area contributed by atoms with Gasteiger partial charge < -0.3 is 5.32 Å². The molecule has 2 rings (SSSR count). The highest BCUT2D eigenvalue weighted by molar-refractivity contribution is 5.34. The van der Waals surface area contributed by atoms with Gasteiger partial charge >= 0.3 is 0 Å². The van der Waals surface area contributed by atoms with Gasteiger partial charge in [-0.2, -0.15) is 0 Å². The van der Waals surface area contributed by atoms with Crippen molar-refractivity contribution >= 4 is 0 Å². The van der Waals surface area contributed by atoms with E-state index < -0.39 is 0 Å². The molecule has 100 valence electrons. The highest BCUT2D eigenvalue weighted by Crippen LogP contribution is 2.47. The molecule has 0 aliphatic heterocycles. The summed E-state index contributed by atoms with van der Waals surface area (Å²) >= 11 is 0. The predicted molar refractivity (Wildman–Crippen MR) is 78.9 cm³/mol. The number of aryl methyl sites for hydroxylation is 2. The van der Waals surface area contributed by atoms with Gasteiger partial charge in [0, 0.05) is 6.04 Å². The Bertz CT molecular complexity index is 402. The van der Waals surface area contributed by atoms with Crippen molar-refractivity contribution in [2.75, 3.05) is 6.54 Å². The Morgan fingerprint density at radius 3 is 2.50 bits per heavy atom. The van der Waals surface area contributed by atoms with Crippen LogP contribution in [0.3, 0.4) is 0 Å². The van der Waals surface area contributed by atoms with Gasteiger partial charge in [0.1, 0.15) is 0 Å². The molecule has 1 heteroatoms. The van der Waals surface area contributed by atoms with E-state index in [2.05, 4.69) is 51.2 Å². The summed E-state index contributed by atoms with van der Waals surface area (Å²) < 4.78 is 0. The highest BCUT2D eigenvalue weighted by Gasteiger charge is 2.37. The normalized spacial score (nSPS) is 20.0. The van der Waals surface area contributed by atoms with Crippen molar-refractivity contribution in [1.29, 1.82) is 0 Å². The van der Waals surface area contributed by atoms with Crippen molar-refractivity contribution < 1.29 is 0 Å². The van der Waals surface area contributed by atoms with Gasteiger partial charge in [-0.15, -0.1) is 0 Å². The molecule has 0 bridgehead atoms. The smallest absolute Gasteiger partial charge is 0.0377 e. The first-order chi connectivity index (χ1) is 8.57. The first kappa shape index (κ1) is 13.6. The molecule has 1 aliphatic rings. The monoisotopic (exact) mass is 245 g/mol. The van der Waals surface area contributed by atoms with Crippen LogP contribution in [-0.4, -0.2) is 6.54 Å². The van der Waals surface area contributed by atoms with Crippen LogP contribution in [0.2, 0.25) is 0 Å². The van der Waals surface area contributed by atoms with E-state index in [1.807, 2.05) is 0 Å². The molecular weight excluding hydrogens is 218 g/mol. The second kappa shape index (κ2) is 5.44. The van der Waals surface area contributed by atoms with E-state index >= 15 is 0 Å². The third-order valence-corrected chi connectivity index (χ3v) is 4.60. The average molecular weight is 245 g/mol. The molecule has 1 saturated carbocycles. The maximum atomic E-state index is 3.75. The summed E-state index contributed by atoms with van der Waals surface area (Å²) in [5.41, 5.74) is 4.76. The molecule has 0 saturated heterocycles. The maximum Gasteiger partial charge on any atom is 0.0377 e. The number of benzene rings is 1. The fourth-order valence-electron chi connectivity index (χ4n) is 3.48. The summed E-state index contributed by atoms with van der Waals surface area (Å²) in [6.07, 6.45) is 5.50. The number of rotatable bonds is 4. The minimum absolute atomic E-state index is 0.439. The minimum atomic E-state index is 0.439. The van der Waals surface area contributed by atoms with Crippen LogP contribution in [0.1, 0.15) is 62.3 Å². The summed E-state index contributed by atoms with van der Waals surface area (Å²) in [4.78, 5) is 0. The third-order valence-electron chi connectivity index (χ3n) is 4.60. The first-order valence-corrected chi connectivity index (χ1v) is 7.37. The molecule has 1 nitrogen and oxygen atoms in total. The second-order valence-electron chi connectivity index (χ2n) is 6.21. The van der Waals surface area contributed by atoms with Crippen LogP contribution in [0.15, 0.2) is 18.2 Å². The van der Waals surface area contributed by atoms with Crippen LogP contribution in [0.25, 0.3) is 0 Å². The Kier molecular flexibility index (Phi) is 4.11. The lowest BCUT2D eigenvalue weighted by Crippen LogP contribution is -2.35. The second-order valence-corrected chi connectivity index (χ2v) is 6.21. The number of nitrogens with one attached hydrogen (secondary N) is 1. The molecular formula is C17H27N. The molecule has 1 unspecified atom stereocenters. The van der Waals surface area contributed by atoms with Crippen molar-refractivity contribution in [2.45, 2.75) is 59.4 Å². The van der Waals surface area contributed by atoms with Gasteiger partial charge in [0.05, 0.1) is 0 Å². The molecule has 0 spiro atoms. The average Bonchev–Trinajstić information content (AvgIpc) is 2.77. The van der Waals surface area contributed by atoms with E-state index in [-0.39, 0.29) is 0 Å². The van der Waals surface area contributed by atoms with E-state index in [9.17, 15) is 0 Å². The van der Waals surface area contributed by atoms with Crippen LogP contribution in [-0.2, 0) is 0 Å². The van der Waals surface area contributed by atoms with Gasteiger partial charge in [-0.05, 0) is 49.8 Å². The Morgan fingerprint density at radius 2 is 1.89 bits per heavy atom. The fourth-order valence-corrected chi connectivity index (χ4v) is 3.48. The van der Waals surface area contributed by atoms with Gasteiger partial charge in [0.25, 0.3) is 0 Å². The van der Waals surface area contributed by atoms with Crippen LogP contribution in [0, 0.1) is 19.3 Å². The molecule has 1 aromatic carbocycles. The molecule has 1 N–H and O–H groups in total. The van der Waals surface area contributed by atoms with Gasteiger partial charge in [-0.1, -0.05) is 50.5 Å². The lowest BCUT2D eigenvalue weighted by atomic mass is 9.76. The van der Waals surface area contributed by atoms with Crippen LogP contribution in [0.5, 0.6) is 0 Å². The molecule has 0 amide bonds. The molecule has 1 atom stereocenters. The molecule has 0 aromatic heterocycles. The summed E-state index contributed by atoms with van der Waals surface area (Å²) in [7, 11) is 0. The Labute approximate surface area is 112 Å². The quantitative estimate of drug-likeness (QED) is 0.821. The summed E-state index contributed by atoms with van der Waals surface area (Å²) in [6.45, 7) is 10.2. The zero-order valence-electron chi connectivity index (χ0n) is 12.3. The summed E-state index contributed by atoms with van der Waals surface area (Å²) in [6, 6.07) is 7.39. The standard InChI is InChI=1S/C17H27N/c1-5-18-16(17(4)10-6-7-11-17)15-12-13(2)8-9-14(15)3/h8-9,12,16,18H,5-7,10-11H2,1-4H3. The maximum absolute atomic E-state index is 3.75. The molecule has 18 heavy (non-hydrogen) atoms. The first-order valence-electron chi connectivity index (χ1n) is 7.37. The molecule has 1 fully saturated rings. The van der Waals surface area contributed by atoms with Gasteiger partial charge in [0.15, 0.2) is 0 Å². The summed E-state index contributed by atoms with van der Waals surface area (Å²) in [5.74, 6) is 0. The largest absolute Gasteiger partial charge is 0.310 e. The van der Waals surface area contributed by atoms with E-state index in [4.69, 9.17) is 0 Å². The van der Waals surface area contributed by atoms with Crippen LogP contribution in [0.4, 0.5) is 0 Å². The van der Waals surface area contributed by atoms with Gasteiger partial charge in [-0.3, -0.25) is 0 Å². The summed E-state index contributed by atoms with van der Waals surface area (Å²) in [5, 5.41) is 3.75. The number of hydrogen-bond donors (Lipinski definition) is 1. The van der Waals surface area contributed by atoms with Crippen molar-refractivity contribution in [1.82, 2.24) is 5.32 Å². The number of hydrogen-bond acceptors (Lipinski definition) is 1. The molecule has 0 heterocycles. The Morgan fingerprint density at radius 1 is 1.22 bits per heavy atom. The van der Waals surface area contributed by atoms with Crippen LogP contribution < -0.4 is 5.32 Å². The lowest BCUT2D eigenvalue weighted by molar-refractivity contribution is 0.225. The SMILES string of the molecule is CCNC(c1cc(C)ccc1C)C1(C)CCCC1. The van der Waals surface area contributed by atoms with Crippen molar-refractivity contribution in [3.05, 3.63) is 34.9 Å². The van der Waals surface area contributed by atoms with Gasteiger partial charge in [-0.25, -0.2) is 0 Å². The minimum Gasteiger partial charge on any atom is -0.310 e. The van der Waals surface area contributed by atoms with E-state index in [1.54, 1.807) is 0 Å². The lowest BCUT2D eigenvalue weighted by Gasteiger charge is -2.36. The molecule has 0 radical (unpaired) electrons. The van der Waals surface area contributed by atoms with Crippen molar-refractivity contribution in [3.63, 3.8) is 0 Å². The highest BCUT2D eigenvalue weighted by atomic mass is 14.9. The van der Waals surface area contributed by atoms with Crippen molar-refractivity contribution in [3.8, 4) is 0 Å². The zero-order chi connectivity index (χ0) is 13.2. The van der Waals surface area contributed by atoms with E-state index in [0.29, 0.717) is 11.5 Å². The van der Waals surface area contributed by atoms with E-state index in [0.717, 1.165) is 6.54 Å². The van der Waals surface area contributed by atoms with Crippen molar-refractivity contribution in [2.24, 2.45) is 5.41 Å². The predicted octanol–water partition coefficient (Wildman–Crippen LogP) is 4.53. The van der Waals surface area contributed by atoms with Crippen LogP contribution >= 0.6 is 0 Å². The van der Waals surface area contributed by atoms with Gasteiger partial charge in [0.2, 0.25) is 0 Å². The Hall–Kier alpha value is -0.820. The zero-order valence-corrected chi connectivity index (χ0v) is 12.3.